The fourth-order valence-corrected chi connectivity index (χ4v) is 2.21. The van der Waals surface area contributed by atoms with E-state index in [0.717, 1.165) is 0 Å². The summed E-state index contributed by atoms with van der Waals surface area (Å²) in [4.78, 5) is 22.5. The van der Waals surface area contributed by atoms with Crippen LogP contribution in [-0.4, -0.2) is 25.1 Å². The van der Waals surface area contributed by atoms with Crippen molar-refractivity contribution in [2.75, 3.05) is 14.2 Å². The molecule has 0 atom stereocenters. The molecule has 0 heterocycles. The first-order valence-corrected chi connectivity index (χ1v) is 7.09. The number of esters is 1. The third-order valence-electron chi connectivity index (χ3n) is 3.48. The van der Waals surface area contributed by atoms with Crippen molar-refractivity contribution in [3.63, 3.8) is 0 Å². The van der Waals surface area contributed by atoms with Crippen molar-refractivity contribution >= 4 is 11.7 Å². The Hall–Kier alpha value is -3.09. The molecule has 0 unspecified atom stereocenters. The van der Waals surface area contributed by atoms with Crippen molar-refractivity contribution in [2.24, 2.45) is 0 Å². The number of nitrogens with zero attached hydrogens (tertiary/aromatic N) is 1. The highest BCUT2D eigenvalue weighted by Gasteiger charge is 2.15. The Labute approximate surface area is 138 Å². The fraction of sp³-hybridized carbons (Fsp3) is 0.235. The van der Waals surface area contributed by atoms with Gasteiger partial charge in [-0.05, 0) is 37.3 Å². The van der Waals surface area contributed by atoms with Crippen molar-refractivity contribution in [1.82, 2.24) is 0 Å². The summed E-state index contributed by atoms with van der Waals surface area (Å²) in [5.41, 5.74) is 1.26. The number of hydrogen-bond donors (Lipinski definition) is 0. The van der Waals surface area contributed by atoms with Gasteiger partial charge in [-0.2, -0.15) is 0 Å². The quantitative estimate of drug-likeness (QED) is 0.458. The third kappa shape index (κ3) is 3.81. The number of methoxy groups -OCH3 is 2. The first-order chi connectivity index (χ1) is 11.5. The minimum atomic E-state index is -0.571. The van der Waals surface area contributed by atoms with E-state index >= 15 is 0 Å². The Morgan fingerprint density at radius 3 is 2.46 bits per heavy atom. The van der Waals surface area contributed by atoms with Crippen LogP contribution in [0.5, 0.6) is 11.5 Å². The highest BCUT2D eigenvalue weighted by Crippen LogP contribution is 2.25. The van der Waals surface area contributed by atoms with Gasteiger partial charge in [0.2, 0.25) is 0 Å². The average molecular weight is 331 g/mol. The standard InChI is InChI=1S/C17H17NO6/c1-11-8-12(4-6-15(11)18(20)21)17(19)24-10-13-9-14(22-2)5-7-16(13)23-3/h4-9H,10H2,1-3H3. The van der Waals surface area contributed by atoms with Crippen LogP contribution in [0.1, 0.15) is 21.5 Å². The van der Waals surface area contributed by atoms with Crippen LogP contribution >= 0.6 is 0 Å². The van der Waals surface area contributed by atoms with Gasteiger partial charge in [-0.25, -0.2) is 4.79 Å². The van der Waals surface area contributed by atoms with Gasteiger partial charge in [0.05, 0.1) is 24.7 Å². The monoisotopic (exact) mass is 331 g/mol. The minimum absolute atomic E-state index is 0.00472. The predicted molar refractivity (Wildman–Crippen MR) is 86.5 cm³/mol. The molecule has 0 aromatic heterocycles. The van der Waals surface area contributed by atoms with E-state index in [4.69, 9.17) is 14.2 Å². The van der Waals surface area contributed by atoms with E-state index in [1.807, 2.05) is 0 Å². The number of ether oxygens (including phenoxy) is 3. The van der Waals surface area contributed by atoms with Gasteiger partial charge in [-0.1, -0.05) is 0 Å². The first-order valence-electron chi connectivity index (χ1n) is 7.09. The van der Waals surface area contributed by atoms with Crippen molar-refractivity contribution in [1.29, 1.82) is 0 Å². The van der Waals surface area contributed by atoms with Crippen LogP contribution < -0.4 is 9.47 Å². The molecule has 0 aliphatic heterocycles. The van der Waals surface area contributed by atoms with Crippen LogP contribution in [0.3, 0.4) is 0 Å². The first kappa shape index (κ1) is 17.3. The normalized spacial score (nSPS) is 10.1. The molecule has 0 aliphatic carbocycles. The molecule has 0 bridgehead atoms. The van der Waals surface area contributed by atoms with Gasteiger partial charge < -0.3 is 14.2 Å². The Kier molecular flexibility index (Phi) is 5.36. The fourth-order valence-electron chi connectivity index (χ4n) is 2.21. The number of carbonyl (C=O) groups is 1. The summed E-state index contributed by atoms with van der Waals surface area (Å²) >= 11 is 0. The highest BCUT2D eigenvalue weighted by atomic mass is 16.6. The Balaban J connectivity index is 2.13. The number of aryl methyl sites for hydroxylation is 1. The number of hydrogen-bond acceptors (Lipinski definition) is 6. The molecule has 0 spiro atoms. The van der Waals surface area contributed by atoms with Crippen LogP contribution in [0.4, 0.5) is 5.69 Å². The molecule has 126 valence electrons. The molecule has 0 aliphatic rings. The van der Waals surface area contributed by atoms with Crippen LogP contribution in [-0.2, 0) is 11.3 Å². The summed E-state index contributed by atoms with van der Waals surface area (Å²) in [6, 6.07) is 9.27. The van der Waals surface area contributed by atoms with Crippen molar-refractivity contribution in [3.05, 3.63) is 63.2 Å². The molecule has 2 aromatic carbocycles. The molecule has 0 saturated carbocycles. The van der Waals surface area contributed by atoms with Crippen LogP contribution in [0, 0.1) is 17.0 Å². The molecule has 0 amide bonds. The van der Waals surface area contributed by atoms with Crippen molar-refractivity contribution in [3.8, 4) is 11.5 Å². The zero-order valence-corrected chi connectivity index (χ0v) is 13.6. The molecule has 7 nitrogen and oxygen atoms in total. The second-order valence-electron chi connectivity index (χ2n) is 5.01. The van der Waals surface area contributed by atoms with Gasteiger partial charge >= 0.3 is 5.97 Å². The van der Waals surface area contributed by atoms with Gasteiger partial charge in [0.25, 0.3) is 5.69 Å². The molecule has 2 rings (SSSR count). The molecular formula is C17H17NO6. The summed E-state index contributed by atoms with van der Waals surface area (Å²) < 4.78 is 15.6. The van der Waals surface area contributed by atoms with Crippen LogP contribution in [0.15, 0.2) is 36.4 Å². The second kappa shape index (κ2) is 7.45. The Morgan fingerprint density at radius 2 is 1.88 bits per heavy atom. The van der Waals surface area contributed by atoms with E-state index in [1.54, 1.807) is 25.1 Å². The lowest BCUT2D eigenvalue weighted by atomic mass is 10.1. The van der Waals surface area contributed by atoms with E-state index in [-0.39, 0.29) is 17.9 Å². The number of nitro groups is 1. The van der Waals surface area contributed by atoms with E-state index in [9.17, 15) is 14.9 Å². The molecule has 0 saturated heterocycles. The number of benzene rings is 2. The average Bonchev–Trinajstić information content (AvgIpc) is 2.58. The molecule has 0 fully saturated rings. The van der Waals surface area contributed by atoms with Crippen LogP contribution in [0.2, 0.25) is 0 Å². The Morgan fingerprint density at radius 1 is 1.12 bits per heavy atom. The predicted octanol–water partition coefficient (Wildman–Crippen LogP) is 3.28. The summed E-state index contributed by atoms with van der Waals surface area (Å²) in [7, 11) is 3.06. The van der Waals surface area contributed by atoms with E-state index < -0.39 is 10.9 Å². The Bertz CT molecular complexity index is 772. The lowest BCUT2D eigenvalue weighted by Gasteiger charge is -2.11. The molecule has 0 radical (unpaired) electrons. The summed E-state index contributed by atoms with van der Waals surface area (Å²) in [6.07, 6.45) is 0. The number of nitro benzene ring substituents is 1. The summed E-state index contributed by atoms with van der Waals surface area (Å²) in [5, 5.41) is 10.8. The summed E-state index contributed by atoms with van der Waals surface area (Å²) in [5.74, 6) is 0.620. The summed E-state index contributed by atoms with van der Waals surface area (Å²) in [6.45, 7) is 1.56. The number of rotatable bonds is 6. The SMILES string of the molecule is COc1ccc(OC)c(COC(=O)c2ccc([N+](=O)[O-])c(C)c2)c1. The largest absolute Gasteiger partial charge is 0.497 e. The van der Waals surface area contributed by atoms with E-state index in [2.05, 4.69) is 0 Å². The lowest BCUT2D eigenvalue weighted by molar-refractivity contribution is -0.385. The third-order valence-corrected chi connectivity index (χ3v) is 3.48. The van der Waals surface area contributed by atoms with Gasteiger partial charge in [0.15, 0.2) is 0 Å². The molecule has 2 aromatic rings. The second-order valence-corrected chi connectivity index (χ2v) is 5.01. The van der Waals surface area contributed by atoms with Gasteiger partial charge in [-0.3, -0.25) is 10.1 Å². The molecular weight excluding hydrogens is 314 g/mol. The lowest BCUT2D eigenvalue weighted by Crippen LogP contribution is -2.07. The minimum Gasteiger partial charge on any atom is -0.497 e. The van der Waals surface area contributed by atoms with E-state index in [0.29, 0.717) is 22.6 Å². The smallest absolute Gasteiger partial charge is 0.338 e. The van der Waals surface area contributed by atoms with Gasteiger partial charge in [0.1, 0.15) is 18.1 Å². The maximum absolute atomic E-state index is 12.1. The van der Waals surface area contributed by atoms with E-state index in [1.165, 1.54) is 32.4 Å². The van der Waals surface area contributed by atoms with Crippen molar-refractivity contribution in [2.45, 2.75) is 13.5 Å². The zero-order chi connectivity index (χ0) is 17.7. The van der Waals surface area contributed by atoms with Gasteiger partial charge in [0, 0.05) is 17.2 Å². The van der Waals surface area contributed by atoms with Gasteiger partial charge in [-0.15, -0.1) is 0 Å². The number of carbonyl (C=O) groups excluding carboxylic acids is 1. The molecule has 24 heavy (non-hydrogen) atoms. The molecule has 0 N–H and O–H groups in total. The maximum atomic E-state index is 12.1. The van der Waals surface area contributed by atoms with Crippen molar-refractivity contribution < 1.29 is 23.9 Å². The highest BCUT2D eigenvalue weighted by molar-refractivity contribution is 5.90. The molecule has 7 heteroatoms. The zero-order valence-electron chi connectivity index (χ0n) is 13.6. The topological polar surface area (TPSA) is 87.9 Å². The maximum Gasteiger partial charge on any atom is 0.338 e. The van der Waals surface area contributed by atoms with Crippen LogP contribution in [0.25, 0.3) is 0 Å².